The Morgan fingerprint density at radius 1 is 1.29 bits per heavy atom. The number of nitrogens with two attached hydrogens (primary N) is 1. The van der Waals surface area contributed by atoms with Gasteiger partial charge < -0.3 is 11.1 Å². The van der Waals surface area contributed by atoms with Crippen molar-refractivity contribution >= 4 is 50.5 Å². The number of nitro groups is 1. The van der Waals surface area contributed by atoms with E-state index in [1.165, 1.54) is 12.1 Å². The van der Waals surface area contributed by atoms with E-state index in [2.05, 4.69) is 21.2 Å². The van der Waals surface area contributed by atoms with Crippen molar-refractivity contribution in [2.45, 2.75) is 0 Å². The number of nitrogens with zero attached hydrogens (tertiary/aromatic N) is 1. The average molecular weight is 371 g/mol. The van der Waals surface area contributed by atoms with Gasteiger partial charge in [0.05, 0.1) is 10.6 Å². The fraction of sp³-hybridized carbons (Fsp3) is 0. The molecule has 8 heteroatoms. The Hall–Kier alpha value is -2.12. The van der Waals surface area contributed by atoms with Crippen LogP contribution in [0.2, 0.25) is 5.02 Å². The van der Waals surface area contributed by atoms with Crippen molar-refractivity contribution in [3.63, 3.8) is 0 Å². The minimum Gasteiger partial charge on any atom is -0.393 e. The maximum Gasteiger partial charge on any atom is 0.292 e. The molecule has 0 fully saturated rings. The molecule has 0 atom stereocenters. The van der Waals surface area contributed by atoms with Crippen LogP contribution in [0.3, 0.4) is 0 Å². The van der Waals surface area contributed by atoms with Crippen LogP contribution in [0.25, 0.3) is 0 Å². The number of carbonyl (C=O) groups is 1. The van der Waals surface area contributed by atoms with Crippen LogP contribution >= 0.6 is 27.5 Å². The molecular weight excluding hydrogens is 362 g/mol. The van der Waals surface area contributed by atoms with Gasteiger partial charge in [-0.05, 0) is 46.3 Å². The van der Waals surface area contributed by atoms with Gasteiger partial charge in [0, 0.05) is 21.1 Å². The molecule has 2 aromatic rings. The van der Waals surface area contributed by atoms with Crippen LogP contribution in [0.5, 0.6) is 0 Å². The Morgan fingerprint density at radius 2 is 2.00 bits per heavy atom. The summed E-state index contributed by atoms with van der Waals surface area (Å²) in [6, 6.07) is 8.77. The summed E-state index contributed by atoms with van der Waals surface area (Å²) in [4.78, 5) is 22.3. The Balaban J connectivity index is 2.30. The summed E-state index contributed by atoms with van der Waals surface area (Å²) in [5.74, 6) is -0.499. The van der Waals surface area contributed by atoms with Crippen molar-refractivity contribution in [1.29, 1.82) is 0 Å². The van der Waals surface area contributed by atoms with Gasteiger partial charge in [-0.15, -0.1) is 0 Å². The number of rotatable bonds is 3. The maximum absolute atomic E-state index is 12.1. The summed E-state index contributed by atoms with van der Waals surface area (Å²) in [5, 5.41) is 13.9. The summed E-state index contributed by atoms with van der Waals surface area (Å²) in [7, 11) is 0. The van der Waals surface area contributed by atoms with E-state index in [1.54, 1.807) is 18.2 Å². The first-order chi connectivity index (χ1) is 9.88. The fourth-order valence-electron chi connectivity index (χ4n) is 1.63. The van der Waals surface area contributed by atoms with E-state index in [1.807, 2.05) is 0 Å². The van der Waals surface area contributed by atoms with Crippen LogP contribution in [0.4, 0.5) is 17.1 Å². The monoisotopic (exact) mass is 369 g/mol. The van der Waals surface area contributed by atoms with Gasteiger partial charge in [-0.2, -0.15) is 0 Å². The fourth-order valence-corrected chi connectivity index (χ4v) is 2.15. The van der Waals surface area contributed by atoms with E-state index < -0.39 is 10.8 Å². The van der Waals surface area contributed by atoms with Crippen molar-refractivity contribution in [2.24, 2.45) is 0 Å². The highest BCUT2D eigenvalue weighted by Crippen LogP contribution is 2.27. The lowest BCUT2D eigenvalue weighted by molar-refractivity contribution is -0.383. The Bertz CT molecular complexity index is 737. The van der Waals surface area contributed by atoms with Gasteiger partial charge >= 0.3 is 0 Å². The number of benzene rings is 2. The minimum absolute atomic E-state index is 0.000450. The van der Waals surface area contributed by atoms with E-state index in [4.69, 9.17) is 17.3 Å². The molecule has 2 aromatic carbocycles. The molecule has 0 heterocycles. The van der Waals surface area contributed by atoms with Crippen LogP contribution in [-0.2, 0) is 0 Å². The second-order valence-corrected chi connectivity index (χ2v) is 5.40. The lowest BCUT2D eigenvalue weighted by Crippen LogP contribution is -2.13. The summed E-state index contributed by atoms with van der Waals surface area (Å²) in [5.41, 5.74) is 5.77. The van der Waals surface area contributed by atoms with Crippen molar-refractivity contribution in [3.05, 3.63) is 61.6 Å². The first-order valence-electron chi connectivity index (χ1n) is 5.69. The highest BCUT2D eigenvalue weighted by Gasteiger charge is 2.16. The maximum atomic E-state index is 12.1. The number of halogens is 2. The first-order valence-corrected chi connectivity index (χ1v) is 6.86. The van der Waals surface area contributed by atoms with Crippen molar-refractivity contribution in [3.8, 4) is 0 Å². The summed E-state index contributed by atoms with van der Waals surface area (Å²) in [6.45, 7) is 0. The third-order valence-corrected chi connectivity index (χ3v) is 3.59. The molecule has 21 heavy (non-hydrogen) atoms. The first kappa shape index (κ1) is 15.3. The van der Waals surface area contributed by atoms with Gasteiger partial charge in [-0.25, -0.2) is 0 Å². The molecule has 108 valence electrons. The number of carbonyl (C=O) groups excluding carboxylic acids is 1. The minimum atomic E-state index is -0.637. The summed E-state index contributed by atoms with van der Waals surface area (Å²) in [6.07, 6.45) is 0. The van der Waals surface area contributed by atoms with Crippen molar-refractivity contribution < 1.29 is 9.72 Å². The van der Waals surface area contributed by atoms with E-state index >= 15 is 0 Å². The molecule has 0 saturated heterocycles. The van der Waals surface area contributed by atoms with Crippen molar-refractivity contribution in [2.75, 3.05) is 11.1 Å². The number of hydrogen-bond donors (Lipinski definition) is 2. The van der Waals surface area contributed by atoms with Gasteiger partial charge in [-0.1, -0.05) is 11.6 Å². The molecule has 3 N–H and O–H groups in total. The Labute approximate surface area is 133 Å². The smallest absolute Gasteiger partial charge is 0.292 e. The predicted octanol–water partition coefficient (Wildman–Crippen LogP) is 3.85. The van der Waals surface area contributed by atoms with Gasteiger partial charge in [0.15, 0.2) is 0 Å². The number of hydrogen-bond acceptors (Lipinski definition) is 4. The van der Waals surface area contributed by atoms with Gasteiger partial charge in [0.25, 0.3) is 11.6 Å². The molecule has 0 aliphatic heterocycles. The molecule has 0 aliphatic rings. The highest BCUT2D eigenvalue weighted by molar-refractivity contribution is 9.10. The van der Waals surface area contributed by atoms with E-state index in [9.17, 15) is 14.9 Å². The molecule has 1 amide bonds. The van der Waals surface area contributed by atoms with Gasteiger partial charge in [0.2, 0.25) is 0 Å². The van der Waals surface area contributed by atoms with E-state index in [0.717, 1.165) is 6.07 Å². The van der Waals surface area contributed by atoms with E-state index in [0.29, 0.717) is 15.2 Å². The molecule has 0 spiro atoms. The zero-order valence-electron chi connectivity index (χ0n) is 10.5. The third kappa shape index (κ3) is 3.50. The van der Waals surface area contributed by atoms with Gasteiger partial charge in [-0.3, -0.25) is 14.9 Å². The quantitative estimate of drug-likeness (QED) is 0.487. The number of nitrogens with one attached hydrogen (secondary N) is 1. The average Bonchev–Trinajstić information content (AvgIpc) is 2.43. The largest absolute Gasteiger partial charge is 0.393 e. The third-order valence-electron chi connectivity index (χ3n) is 2.67. The molecule has 0 radical (unpaired) electrons. The summed E-state index contributed by atoms with van der Waals surface area (Å²) < 4.78 is 0.644. The zero-order valence-corrected chi connectivity index (χ0v) is 12.8. The molecule has 0 aliphatic carbocycles. The zero-order chi connectivity index (χ0) is 15.6. The molecule has 0 unspecified atom stereocenters. The topological polar surface area (TPSA) is 98.3 Å². The standard InChI is InChI=1S/C13H9BrClN3O3/c14-9-3-2-8(15)6-11(9)17-13(19)7-1-4-10(16)12(5-7)18(20)21/h1-6H,16H2,(H,17,19). The molecule has 0 bridgehead atoms. The Morgan fingerprint density at radius 3 is 2.67 bits per heavy atom. The molecular formula is C13H9BrClN3O3. The van der Waals surface area contributed by atoms with Crippen LogP contribution in [0.15, 0.2) is 40.9 Å². The van der Waals surface area contributed by atoms with Crippen LogP contribution in [0, 0.1) is 10.1 Å². The Kier molecular flexibility index (Phi) is 4.44. The molecule has 2 rings (SSSR count). The summed E-state index contributed by atoms with van der Waals surface area (Å²) >= 11 is 9.14. The van der Waals surface area contributed by atoms with Crippen LogP contribution < -0.4 is 11.1 Å². The molecule has 0 aromatic heterocycles. The van der Waals surface area contributed by atoms with Crippen LogP contribution in [0.1, 0.15) is 10.4 Å². The number of amides is 1. The van der Waals surface area contributed by atoms with Gasteiger partial charge in [0.1, 0.15) is 5.69 Å². The molecule has 6 nitrogen and oxygen atoms in total. The number of nitro benzene ring substituents is 1. The van der Waals surface area contributed by atoms with E-state index in [-0.39, 0.29) is 16.9 Å². The number of anilines is 2. The predicted molar refractivity (Wildman–Crippen MR) is 84.6 cm³/mol. The lowest BCUT2D eigenvalue weighted by Gasteiger charge is -2.08. The normalized spacial score (nSPS) is 10.2. The highest BCUT2D eigenvalue weighted by atomic mass is 79.9. The lowest BCUT2D eigenvalue weighted by atomic mass is 10.1. The molecule has 0 saturated carbocycles. The van der Waals surface area contributed by atoms with Crippen molar-refractivity contribution in [1.82, 2.24) is 0 Å². The van der Waals surface area contributed by atoms with Crippen LogP contribution in [-0.4, -0.2) is 10.8 Å². The number of nitrogen functional groups attached to an aromatic ring is 1. The SMILES string of the molecule is Nc1ccc(C(=O)Nc2cc(Cl)ccc2Br)cc1[N+](=O)[O-]. The second kappa shape index (κ2) is 6.11. The second-order valence-electron chi connectivity index (χ2n) is 4.11.